The molecule has 0 aliphatic carbocycles. The molecule has 0 amide bonds. The molecule has 0 aliphatic heterocycles. The third-order valence-corrected chi connectivity index (χ3v) is 5.50. The average Bonchev–Trinajstić information content (AvgIpc) is 2.74. The van der Waals surface area contributed by atoms with Gasteiger partial charge in [-0.15, -0.1) is 11.3 Å². The van der Waals surface area contributed by atoms with E-state index in [0.29, 0.717) is 23.9 Å². The molecule has 0 spiro atoms. The molecule has 0 fully saturated rings. The molecule has 1 heterocycles. The fraction of sp³-hybridized carbons (Fsp3) is 0.636. The summed E-state index contributed by atoms with van der Waals surface area (Å²) >= 11 is 1.39. The number of nitrogens with zero attached hydrogens (tertiary/aromatic N) is 1. The summed E-state index contributed by atoms with van der Waals surface area (Å²) in [6.07, 6.45) is 0.865. The van der Waals surface area contributed by atoms with Crippen LogP contribution in [0, 0.1) is 5.92 Å². The van der Waals surface area contributed by atoms with E-state index < -0.39 is 10.0 Å². The van der Waals surface area contributed by atoms with Gasteiger partial charge < -0.3 is 5.73 Å². The van der Waals surface area contributed by atoms with Gasteiger partial charge in [0, 0.05) is 30.4 Å². The summed E-state index contributed by atoms with van der Waals surface area (Å²) < 4.78 is 25.7. The molecule has 98 valence electrons. The molecule has 0 saturated heterocycles. The molecule has 1 aromatic rings. The zero-order valence-corrected chi connectivity index (χ0v) is 12.1. The molecule has 4 nitrogen and oxygen atoms in total. The highest BCUT2D eigenvalue weighted by molar-refractivity contribution is 7.89. The average molecular weight is 276 g/mol. The molecule has 0 bridgehead atoms. The van der Waals surface area contributed by atoms with Crippen LogP contribution in [-0.4, -0.2) is 26.3 Å². The van der Waals surface area contributed by atoms with Crippen molar-refractivity contribution in [1.29, 1.82) is 0 Å². The minimum absolute atomic E-state index is 0.356. The van der Waals surface area contributed by atoms with Crippen LogP contribution in [-0.2, 0) is 16.6 Å². The molecule has 17 heavy (non-hydrogen) atoms. The Balaban J connectivity index is 2.79. The van der Waals surface area contributed by atoms with E-state index in [2.05, 4.69) is 13.8 Å². The molecule has 2 N–H and O–H groups in total. The molecule has 0 radical (unpaired) electrons. The maximum absolute atomic E-state index is 12.2. The summed E-state index contributed by atoms with van der Waals surface area (Å²) in [7, 11) is -1.71. The maximum Gasteiger partial charge on any atom is 0.243 e. The monoisotopic (exact) mass is 276 g/mol. The van der Waals surface area contributed by atoms with Crippen LogP contribution in [0.5, 0.6) is 0 Å². The van der Waals surface area contributed by atoms with Gasteiger partial charge in [-0.1, -0.05) is 13.8 Å². The summed E-state index contributed by atoms with van der Waals surface area (Å²) in [6, 6.07) is 1.66. The highest BCUT2D eigenvalue weighted by atomic mass is 32.2. The minimum Gasteiger partial charge on any atom is -0.326 e. The van der Waals surface area contributed by atoms with Crippen LogP contribution in [0.3, 0.4) is 0 Å². The van der Waals surface area contributed by atoms with Gasteiger partial charge in [0.15, 0.2) is 0 Å². The molecule has 1 aromatic heterocycles. The van der Waals surface area contributed by atoms with Crippen molar-refractivity contribution in [2.75, 3.05) is 13.6 Å². The number of hydrogen-bond acceptors (Lipinski definition) is 4. The topological polar surface area (TPSA) is 63.4 Å². The Morgan fingerprint density at radius 3 is 2.59 bits per heavy atom. The van der Waals surface area contributed by atoms with Gasteiger partial charge in [0.1, 0.15) is 0 Å². The van der Waals surface area contributed by atoms with Gasteiger partial charge in [-0.2, -0.15) is 0 Å². The van der Waals surface area contributed by atoms with E-state index in [1.165, 1.54) is 15.6 Å². The summed E-state index contributed by atoms with van der Waals surface area (Å²) in [6.45, 7) is 5.10. The lowest BCUT2D eigenvalue weighted by Crippen LogP contribution is -2.28. The van der Waals surface area contributed by atoms with E-state index in [-0.39, 0.29) is 0 Å². The molecule has 1 rings (SSSR count). The van der Waals surface area contributed by atoms with Gasteiger partial charge in [0.2, 0.25) is 10.0 Å². The SMILES string of the molecule is CC(C)CCN(C)S(=O)(=O)c1csc(CN)c1. The number of thiophene rings is 1. The van der Waals surface area contributed by atoms with Crippen LogP contribution < -0.4 is 5.73 Å². The Bertz CT molecular complexity index is 452. The van der Waals surface area contributed by atoms with Gasteiger partial charge in [-0.05, 0) is 18.4 Å². The first kappa shape index (κ1) is 14.6. The molecule has 6 heteroatoms. The zero-order chi connectivity index (χ0) is 13.1. The van der Waals surface area contributed by atoms with Gasteiger partial charge in [-0.25, -0.2) is 12.7 Å². The lowest BCUT2D eigenvalue weighted by Gasteiger charge is -2.17. The van der Waals surface area contributed by atoms with E-state index in [9.17, 15) is 8.42 Å². The summed E-state index contributed by atoms with van der Waals surface area (Å²) in [5, 5.41) is 1.66. The van der Waals surface area contributed by atoms with Crippen molar-refractivity contribution >= 4 is 21.4 Å². The lowest BCUT2D eigenvalue weighted by atomic mass is 10.1. The second kappa shape index (κ2) is 5.95. The van der Waals surface area contributed by atoms with Crippen LogP contribution in [0.1, 0.15) is 25.1 Å². The first-order chi connectivity index (χ1) is 7.87. The molecule has 0 unspecified atom stereocenters. The fourth-order valence-electron chi connectivity index (χ4n) is 1.34. The maximum atomic E-state index is 12.2. The van der Waals surface area contributed by atoms with Crippen molar-refractivity contribution in [3.8, 4) is 0 Å². The van der Waals surface area contributed by atoms with Gasteiger partial charge in [0.05, 0.1) is 4.90 Å². The van der Waals surface area contributed by atoms with E-state index in [1.54, 1.807) is 18.5 Å². The molecular weight excluding hydrogens is 256 g/mol. The highest BCUT2D eigenvalue weighted by Gasteiger charge is 2.21. The summed E-state index contributed by atoms with van der Waals surface area (Å²) in [5.74, 6) is 0.495. The van der Waals surface area contributed by atoms with Crippen molar-refractivity contribution in [1.82, 2.24) is 4.31 Å². The Labute approximate surface area is 107 Å². The van der Waals surface area contributed by atoms with E-state index >= 15 is 0 Å². The minimum atomic E-state index is -3.34. The number of hydrogen-bond donors (Lipinski definition) is 1. The van der Waals surface area contributed by atoms with Crippen LogP contribution in [0.15, 0.2) is 16.3 Å². The third-order valence-electron chi connectivity index (χ3n) is 2.56. The standard InChI is InChI=1S/C11H20N2O2S2/c1-9(2)4-5-13(3)17(14,15)11-6-10(7-12)16-8-11/h6,8-9H,4-5,7,12H2,1-3H3. The van der Waals surface area contributed by atoms with Gasteiger partial charge in [-0.3, -0.25) is 0 Å². The van der Waals surface area contributed by atoms with E-state index in [4.69, 9.17) is 5.73 Å². The Kier molecular flexibility index (Phi) is 5.12. The predicted octanol–water partition coefficient (Wildman–Crippen LogP) is 1.87. The predicted molar refractivity (Wildman–Crippen MR) is 71.5 cm³/mol. The number of sulfonamides is 1. The van der Waals surface area contributed by atoms with Gasteiger partial charge >= 0.3 is 0 Å². The number of nitrogens with two attached hydrogens (primary N) is 1. The molecule has 0 aliphatic rings. The van der Waals surface area contributed by atoms with Crippen molar-refractivity contribution in [3.05, 3.63) is 16.3 Å². The van der Waals surface area contributed by atoms with Crippen LogP contribution in [0.2, 0.25) is 0 Å². The van der Waals surface area contributed by atoms with E-state index in [0.717, 1.165) is 11.3 Å². The Morgan fingerprint density at radius 1 is 1.47 bits per heavy atom. The molecular formula is C11H20N2O2S2. The Morgan fingerprint density at radius 2 is 2.12 bits per heavy atom. The first-order valence-electron chi connectivity index (χ1n) is 5.61. The molecule has 0 atom stereocenters. The second-order valence-corrected chi connectivity index (χ2v) is 7.50. The highest BCUT2D eigenvalue weighted by Crippen LogP contribution is 2.22. The van der Waals surface area contributed by atoms with Crippen molar-refractivity contribution in [2.45, 2.75) is 31.7 Å². The first-order valence-corrected chi connectivity index (χ1v) is 7.93. The molecule has 0 aromatic carbocycles. The van der Waals surface area contributed by atoms with E-state index in [1.807, 2.05) is 0 Å². The summed E-state index contributed by atoms with van der Waals surface area (Å²) in [4.78, 5) is 1.25. The van der Waals surface area contributed by atoms with Gasteiger partial charge in [0.25, 0.3) is 0 Å². The Hall–Kier alpha value is -0.430. The van der Waals surface area contributed by atoms with Crippen molar-refractivity contribution < 1.29 is 8.42 Å². The largest absolute Gasteiger partial charge is 0.326 e. The van der Waals surface area contributed by atoms with Crippen LogP contribution >= 0.6 is 11.3 Å². The quantitative estimate of drug-likeness (QED) is 0.862. The van der Waals surface area contributed by atoms with Crippen LogP contribution in [0.4, 0.5) is 0 Å². The van der Waals surface area contributed by atoms with Crippen molar-refractivity contribution in [3.63, 3.8) is 0 Å². The smallest absolute Gasteiger partial charge is 0.243 e. The fourth-order valence-corrected chi connectivity index (χ4v) is 3.67. The second-order valence-electron chi connectivity index (χ2n) is 4.46. The van der Waals surface area contributed by atoms with Crippen molar-refractivity contribution in [2.24, 2.45) is 11.7 Å². The zero-order valence-electron chi connectivity index (χ0n) is 10.5. The summed E-state index contributed by atoms with van der Waals surface area (Å²) in [5.41, 5.74) is 5.48. The van der Waals surface area contributed by atoms with Crippen LogP contribution in [0.25, 0.3) is 0 Å². The number of rotatable bonds is 6. The third kappa shape index (κ3) is 3.77. The lowest BCUT2D eigenvalue weighted by molar-refractivity contribution is 0.428. The normalized spacial score (nSPS) is 12.6. The molecule has 0 saturated carbocycles.